The minimum atomic E-state index is -2.66. The van der Waals surface area contributed by atoms with Gasteiger partial charge in [-0.1, -0.05) is 0 Å². The van der Waals surface area contributed by atoms with Crippen molar-refractivity contribution in [2.45, 2.75) is 5.92 Å². The van der Waals surface area contributed by atoms with Crippen molar-refractivity contribution in [3.63, 3.8) is 0 Å². The Morgan fingerprint density at radius 2 is 0.812 bits per heavy atom. The molecule has 19 heteroatoms. The van der Waals surface area contributed by atoms with Crippen molar-refractivity contribution in [2.24, 2.45) is 0 Å². The molecule has 2 aromatic heterocycles. The Hall–Kier alpha value is -5.49. The SMILES string of the molecule is O=C(c1cc(C(c2ccc(C(=O)c3c(F)c(F)c(F)c(F)c3F)[nH]2)c2c(F)c(F)c(F)c(F)c2F)c[nH]1)c1c(F)c(F)c(F)c(F)c1F. The second-order valence-electron chi connectivity index (χ2n) is 9.64. The van der Waals surface area contributed by atoms with E-state index in [1.54, 1.807) is 0 Å². The third-order valence-corrected chi connectivity index (χ3v) is 6.95. The molecule has 0 fully saturated rings. The maximum Gasteiger partial charge on any atom is 0.215 e. The van der Waals surface area contributed by atoms with E-state index in [-0.39, 0.29) is 0 Å². The molecule has 5 rings (SSSR count). The average Bonchev–Trinajstić information content (AvgIpc) is 3.76. The maximum absolute atomic E-state index is 15.0. The van der Waals surface area contributed by atoms with Gasteiger partial charge in [-0.2, -0.15) is 0 Å². The summed E-state index contributed by atoms with van der Waals surface area (Å²) in [6.07, 6.45) is 0.536. The van der Waals surface area contributed by atoms with Crippen molar-refractivity contribution in [3.05, 3.63) is 151 Å². The summed E-state index contributed by atoms with van der Waals surface area (Å²) in [7, 11) is 0. The van der Waals surface area contributed by atoms with Gasteiger partial charge in [0.25, 0.3) is 0 Å². The van der Waals surface area contributed by atoms with E-state index in [9.17, 15) is 66.7 Å². The molecule has 2 heterocycles. The van der Waals surface area contributed by atoms with Gasteiger partial charge < -0.3 is 9.97 Å². The predicted molar refractivity (Wildman–Crippen MR) is 128 cm³/mol. The van der Waals surface area contributed by atoms with Gasteiger partial charge in [0.05, 0.1) is 17.3 Å². The van der Waals surface area contributed by atoms with Gasteiger partial charge in [-0.05, 0) is 23.8 Å². The molecule has 3 aromatic carbocycles. The molecule has 250 valence electrons. The number of halogens is 15. The second-order valence-corrected chi connectivity index (χ2v) is 9.64. The highest BCUT2D eigenvalue weighted by Crippen LogP contribution is 2.39. The van der Waals surface area contributed by atoms with Crippen LogP contribution in [0.3, 0.4) is 0 Å². The van der Waals surface area contributed by atoms with Crippen molar-refractivity contribution in [1.82, 2.24) is 9.97 Å². The van der Waals surface area contributed by atoms with Crippen molar-refractivity contribution >= 4 is 11.6 Å². The Bertz CT molecular complexity index is 2000. The minimum absolute atomic E-state index is 0.412. The predicted octanol–water partition coefficient (Wildman–Crippen LogP) is 8.07. The number of ketones is 2. The Labute approximate surface area is 254 Å². The van der Waals surface area contributed by atoms with Crippen LogP contribution >= 0.6 is 0 Å². The lowest BCUT2D eigenvalue weighted by molar-refractivity contribution is 0.101. The van der Waals surface area contributed by atoms with Crippen LogP contribution in [0.2, 0.25) is 0 Å². The lowest BCUT2D eigenvalue weighted by Crippen LogP contribution is -2.16. The lowest BCUT2D eigenvalue weighted by atomic mass is 9.88. The minimum Gasteiger partial charge on any atom is -0.358 e. The van der Waals surface area contributed by atoms with Gasteiger partial charge in [0, 0.05) is 17.5 Å². The number of aromatic nitrogens is 2. The number of carbonyl (C=O) groups is 2. The third kappa shape index (κ3) is 5.00. The Morgan fingerprint density at radius 3 is 1.23 bits per heavy atom. The molecule has 1 atom stereocenters. The first-order valence-electron chi connectivity index (χ1n) is 12.4. The third-order valence-electron chi connectivity index (χ3n) is 6.95. The molecule has 0 saturated heterocycles. The van der Waals surface area contributed by atoms with Crippen LogP contribution in [0.15, 0.2) is 24.4 Å². The molecular formula is C29H7F15N2O2. The molecule has 0 aliphatic heterocycles. The number of carbonyl (C=O) groups excluding carboxylic acids is 2. The summed E-state index contributed by atoms with van der Waals surface area (Å²) in [6.45, 7) is 0. The lowest BCUT2D eigenvalue weighted by Gasteiger charge is -2.18. The standard InChI is InChI=1S/C29H7F15N2O2/c30-13-10(14(31)20(37)25(42)19(13)36)9(5-3-8(45-4-5)29(48)12-17(34)23(40)27(44)24(41)18(12)35)6-1-2-7(46-6)28(47)11-15(32)21(38)26(43)22(39)16(11)33/h1-4,9,45-46H. The van der Waals surface area contributed by atoms with Gasteiger partial charge >= 0.3 is 0 Å². The first-order chi connectivity index (χ1) is 22.4. The number of hydrogen-bond donors (Lipinski definition) is 2. The zero-order valence-corrected chi connectivity index (χ0v) is 22.4. The molecule has 0 aliphatic carbocycles. The van der Waals surface area contributed by atoms with Crippen LogP contribution in [0.4, 0.5) is 65.9 Å². The number of H-pyrrole nitrogens is 2. The first-order valence-corrected chi connectivity index (χ1v) is 12.4. The van der Waals surface area contributed by atoms with Crippen LogP contribution < -0.4 is 0 Å². The van der Waals surface area contributed by atoms with Crippen LogP contribution in [0.1, 0.15) is 54.8 Å². The first kappa shape index (κ1) is 33.9. The second kappa shape index (κ2) is 11.9. The van der Waals surface area contributed by atoms with Crippen molar-refractivity contribution in [1.29, 1.82) is 0 Å². The van der Waals surface area contributed by atoms with Crippen molar-refractivity contribution < 1.29 is 75.4 Å². The van der Waals surface area contributed by atoms with E-state index < -0.39 is 144 Å². The van der Waals surface area contributed by atoms with Gasteiger partial charge in [-0.25, -0.2) is 65.9 Å². The zero-order chi connectivity index (χ0) is 35.7. The molecule has 0 aliphatic rings. The fraction of sp³-hybridized carbons (Fsp3) is 0.0345. The molecule has 1 unspecified atom stereocenters. The van der Waals surface area contributed by atoms with Gasteiger partial charge in [-0.3, -0.25) is 9.59 Å². The zero-order valence-electron chi connectivity index (χ0n) is 22.4. The van der Waals surface area contributed by atoms with Crippen LogP contribution in [-0.4, -0.2) is 21.5 Å². The van der Waals surface area contributed by atoms with Crippen LogP contribution in [0.25, 0.3) is 0 Å². The smallest absolute Gasteiger partial charge is 0.215 e. The summed E-state index contributed by atoms with van der Waals surface area (Å²) < 4.78 is 211. The molecule has 2 N–H and O–H groups in total. The molecule has 4 nitrogen and oxygen atoms in total. The monoisotopic (exact) mass is 700 g/mol. The van der Waals surface area contributed by atoms with Crippen LogP contribution in [0, 0.1) is 87.3 Å². The normalized spacial score (nSPS) is 12.1. The van der Waals surface area contributed by atoms with E-state index in [0.29, 0.717) is 24.4 Å². The molecule has 0 spiro atoms. The van der Waals surface area contributed by atoms with Crippen molar-refractivity contribution in [3.8, 4) is 0 Å². The molecule has 0 amide bonds. The van der Waals surface area contributed by atoms with E-state index in [0.717, 1.165) is 0 Å². The van der Waals surface area contributed by atoms with Gasteiger partial charge in [-0.15, -0.1) is 0 Å². The summed E-state index contributed by atoms with van der Waals surface area (Å²) in [5.74, 6) is -45.0. The summed E-state index contributed by atoms with van der Waals surface area (Å²) in [5, 5.41) is 0. The molecule has 0 bridgehead atoms. The molecule has 0 radical (unpaired) electrons. The topological polar surface area (TPSA) is 65.7 Å². The van der Waals surface area contributed by atoms with E-state index in [2.05, 4.69) is 0 Å². The van der Waals surface area contributed by atoms with E-state index in [1.165, 1.54) is 0 Å². The number of hydrogen-bond acceptors (Lipinski definition) is 2. The summed E-state index contributed by atoms with van der Waals surface area (Å²) in [5.41, 5.74) is -9.59. The number of aromatic amines is 2. The molecular weight excluding hydrogens is 693 g/mol. The summed E-state index contributed by atoms with van der Waals surface area (Å²) >= 11 is 0. The van der Waals surface area contributed by atoms with Crippen LogP contribution in [0.5, 0.6) is 0 Å². The number of benzene rings is 3. The fourth-order valence-electron chi connectivity index (χ4n) is 4.68. The highest BCUT2D eigenvalue weighted by molar-refractivity contribution is 6.09. The molecule has 48 heavy (non-hydrogen) atoms. The van der Waals surface area contributed by atoms with Gasteiger partial charge in [0.2, 0.25) is 29.0 Å². The maximum atomic E-state index is 15.0. The van der Waals surface area contributed by atoms with E-state index in [1.807, 2.05) is 9.97 Å². The largest absolute Gasteiger partial charge is 0.358 e. The highest BCUT2D eigenvalue weighted by atomic mass is 19.2. The number of rotatable bonds is 7. The van der Waals surface area contributed by atoms with Crippen LogP contribution in [-0.2, 0) is 0 Å². The fourth-order valence-corrected chi connectivity index (χ4v) is 4.68. The van der Waals surface area contributed by atoms with Gasteiger partial charge in [0.1, 0.15) is 11.1 Å². The Kier molecular flexibility index (Phi) is 8.43. The molecule has 5 aromatic rings. The summed E-state index contributed by atoms with van der Waals surface area (Å²) in [6, 6.07) is 1.55. The summed E-state index contributed by atoms with van der Waals surface area (Å²) in [4.78, 5) is 29.5. The van der Waals surface area contributed by atoms with E-state index in [4.69, 9.17) is 0 Å². The van der Waals surface area contributed by atoms with E-state index >= 15 is 8.78 Å². The quantitative estimate of drug-likeness (QED) is 0.0781. The number of nitrogens with one attached hydrogen (secondary N) is 2. The highest BCUT2D eigenvalue weighted by Gasteiger charge is 2.36. The Balaban J connectivity index is 1.70. The Morgan fingerprint density at radius 1 is 0.458 bits per heavy atom. The van der Waals surface area contributed by atoms with Gasteiger partial charge in [0.15, 0.2) is 69.8 Å². The average molecular weight is 700 g/mol. The van der Waals surface area contributed by atoms with Crippen molar-refractivity contribution in [2.75, 3.05) is 0 Å². The molecule has 0 saturated carbocycles.